The molecule has 6 nitrogen and oxygen atoms in total. The molecule has 3 aromatic rings. The fraction of sp³-hybridized carbons (Fsp3) is 0. The topological polar surface area (TPSA) is 83.4 Å². The highest BCUT2D eigenvalue weighted by molar-refractivity contribution is 5.97. The van der Waals surface area contributed by atoms with Crippen molar-refractivity contribution in [1.82, 2.24) is 10.9 Å². The Morgan fingerprint density at radius 2 is 1.59 bits per heavy atom. The molecule has 0 aliphatic rings. The number of hydrogen-bond acceptors (Lipinski definition) is 3. The molecule has 2 aromatic carbocycles. The summed E-state index contributed by atoms with van der Waals surface area (Å²) in [4.78, 5) is 23.5. The third-order valence-corrected chi connectivity index (χ3v) is 2.99. The lowest BCUT2D eigenvalue weighted by Gasteiger charge is -2.07. The van der Waals surface area contributed by atoms with Crippen LogP contribution < -0.4 is 16.2 Å². The molecule has 3 N–H and O–H groups in total. The molecule has 0 aliphatic carbocycles. The lowest BCUT2D eigenvalue weighted by atomic mass is 10.2. The van der Waals surface area contributed by atoms with E-state index in [-0.39, 0.29) is 0 Å². The van der Waals surface area contributed by atoms with Gasteiger partial charge in [-0.15, -0.1) is 0 Å². The van der Waals surface area contributed by atoms with Gasteiger partial charge in [-0.25, -0.2) is 10.2 Å². The maximum Gasteiger partial charge on any atom is 0.340 e. The number of carbonyl (C=O) groups is 2. The van der Waals surface area contributed by atoms with Crippen molar-refractivity contribution in [1.29, 1.82) is 0 Å². The van der Waals surface area contributed by atoms with Crippen LogP contribution in [0, 0.1) is 0 Å². The summed E-state index contributed by atoms with van der Waals surface area (Å²) >= 11 is 0. The van der Waals surface area contributed by atoms with Gasteiger partial charge in [0.1, 0.15) is 5.58 Å². The van der Waals surface area contributed by atoms with Crippen LogP contribution in [0.5, 0.6) is 0 Å². The Labute approximate surface area is 126 Å². The molecular weight excluding hydrogens is 282 g/mol. The molecule has 0 spiro atoms. The van der Waals surface area contributed by atoms with Crippen molar-refractivity contribution < 1.29 is 14.0 Å². The smallest absolute Gasteiger partial charge is 0.340 e. The minimum absolute atomic E-state index is 0.299. The lowest BCUT2D eigenvalue weighted by Crippen LogP contribution is -2.43. The summed E-state index contributed by atoms with van der Waals surface area (Å²) in [5, 5.41) is 3.39. The van der Waals surface area contributed by atoms with Crippen LogP contribution in [0.3, 0.4) is 0 Å². The molecule has 0 radical (unpaired) electrons. The van der Waals surface area contributed by atoms with Crippen LogP contribution in [0.2, 0.25) is 0 Å². The Bertz CT molecular complexity index is 779. The molecule has 1 heterocycles. The van der Waals surface area contributed by atoms with Gasteiger partial charge < -0.3 is 4.42 Å². The molecule has 3 rings (SSSR count). The largest absolute Gasteiger partial charge is 0.440 e. The highest BCUT2D eigenvalue weighted by Gasteiger charge is 2.09. The second-order valence-corrected chi connectivity index (χ2v) is 4.55. The van der Waals surface area contributed by atoms with Gasteiger partial charge in [0.05, 0.1) is 0 Å². The van der Waals surface area contributed by atoms with Crippen LogP contribution >= 0.6 is 0 Å². The molecule has 0 saturated carbocycles. The Morgan fingerprint density at radius 3 is 2.36 bits per heavy atom. The van der Waals surface area contributed by atoms with Gasteiger partial charge in [-0.3, -0.25) is 15.5 Å². The maximum absolute atomic E-state index is 11.8. The fourth-order valence-corrected chi connectivity index (χ4v) is 1.96. The van der Waals surface area contributed by atoms with E-state index in [9.17, 15) is 9.59 Å². The van der Waals surface area contributed by atoms with Crippen molar-refractivity contribution in [2.45, 2.75) is 0 Å². The number of hydrazine groups is 1. The summed E-state index contributed by atoms with van der Waals surface area (Å²) in [7, 11) is 0. The number of carbonyl (C=O) groups excluding carboxylic acids is 2. The molecule has 0 atom stereocenters. The summed E-state index contributed by atoms with van der Waals surface area (Å²) in [6.07, 6.45) is 0. The Kier molecular flexibility index (Phi) is 3.74. The Hall–Kier alpha value is -3.28. The third kappa shape index (κ3) is 3.06. The first-order valence-electron chi connectivity index (χ1n) is 6.63. The van der Waals surface area contributed by atoms with E-state index >= 15 is 0 Å². The van der Waals surface area contributed by atoms with Crippen LogP contribution in [0.15, 0.2) is 65.1 Å². The molecule has 0 aliphatic heterocycles. The first-order valence-corrected chi connectivity index (χ1v) is 6.63. The van der Waals surface area contributed by atoms with Gasteiger partial charge in [0.25, 0.3) is 5.91 Å². The van der Waals surface area contributed by atoms with E-state index in [1.54, 1.807) is 42.5 Å². The summed E-state index contributed by atoms with van der Waals surface area (Å²) < 4.78 is 5.45. The van der Waals surface area contributed by atoms with Gasteiger partial charge in [-0.1, -0.05) is 36.4 Å². The molecule has 22 heavy (non-hydrogen) atoms. The van der Waals surface area contributed by atoms with E-state index in [0.717, 1.165) is 5.39 Å². The molecule has 0 bridgehead atoms. The van der Waals surface area contributed by atoms with Crippen molar-refractivity contribution in [3.8, 4) is 0 Å². The van der Waals surface area contributed by atoms with Gasteiger partial charge in [-0.2, -0.15) is 0 Å². The summed E-state index contributed by atoms with van der Waals surface area (Å²) in [5.41, 5.74) is 5.70. The Balaban J connectivity index is 1.57. The lowest BCUT2D eigenvalue weighted by molar-refractivity contribution is 0.0938. The number of amides is 3. The number of furan rings is 1. The first kappa shape index (κ1) is 13.7. The summed E-state index contributed by atoms with van der Waals surface area (Å²) in [6, 6.07) is 17.1. The van der Waals surface area contributed by atoms with Gasteiger partial charge in [0, 0.05) is 17.0 Å². The molecule has 1 aromatic heterocycles. The number of anilines is 1. The molecule has 6 heteroatoms. The minimum Gasteiger partial charge on any atom is -0.440 e. The first-order chi connectivity index (χ1) is 10.7. The number of fused-ring (bicyclic) bond motifs is 1. The van der Waals surface area contributed by atoms with Crippen molar-refractivity contribution in [2.75, 3.05) is 5.32 Å². The Morgan fingerprint density at radius 1 is 0.864 bits per heavy atom. The quantitative estimate of drug-likeness (QED) is 0.636. The van der Waals surface area contributed by atoms with Gasteiger partial charge in [-0.05, 0) is 18.2 Å². The second kappa shape index (κ2) is 6.01. The van der Waals surface area contributed by atoms with Crippen molar-refractivity contribution in [3.05, 3.63) is 66.2 Å². The van der Waals surface area contributed by atoms with Crippen molar-refractivity contribution >= 4 is 28.8 Å². The van der Waals surface area contributed by atoms with Crippen LogP contribution in [-0.4, -0.2) is 11.9 Å². The fourth-order valence-electron chi connectivity index (χ4n) is 1.96. The second-order valence-electron chi connectivity index (χ2n) is 4.55. The zero-order valence-corrected chi connectivity index (χ0v) is 11.5. The molecule has 110 valence electrons. The van der Waals surface area contributed by atoms with Gasteiger partial charge >= 0.3 is 6.03 Å². The monoisotopic (exact) mass is 295 g/mol. The molecule has 0 fully saturated rings. The number of nitrogens with one attached hydrogen (secondary N) is 3. The van der Waals surface area contributed by atoms with E-state index in [0.29, 0.717) is 17.0 Å². The normalized spacial score (nSPS) is 10.2. The average Bonchev–Trinajstić information content (AvgIpc) is 2.95. The number of urea groups is 1. The van der Waals surface area contributed by atoms with Gasteiger partial charge in [0.15, 0.2) is 0 Å². The van der Waals surface area contributed by atoms with Crippen molar-refractivity contribution in [3.63, 3.8) is 0 Å². The van der Waals surface area contributed by atoms with Crippen LogP contribution in [0.1, 0.15) is 10.4 Å². The SMILES string of the molecule is O=C(NNC(=O)c1ccccc1)Nc1cc2ccccc2o1. The third-order valence-electron chi connectivity index (χ3n) is 2.99. The zero-order chi connectivity index (χ0) is 15.4. The van der Waals surface area contributed by atoms with E-state index in [1.165, 1.54) is 0 Å². The minimum atomic E-state index is -0.594. The number of hydrogen-bond donors (Lipinski definition) is 3. The zero-order valence-electron chi connectivity index (χ0n) is 11.5. The highest BCUT2D eigenvalue weighted by atomic mass is 16.4. The predicted octanol–water partition coefficient (Wildman–Crippen LogP) is 2.90. The van der Waals surface area contributed by atoms with E-state index < -0.39 is 11.9 Å². The van der Waals surface area contributed by atoms with E-state index in [1.807, 2.05) is 18.2 Å². The number of rotatable bonds is 2. The van der Waals surface area contributed by atoms with E-state index in [4.69, 9.17) is 4.42 Å². The highest BCUT2D eigenvalue weighted by Crippen LogP contribution is 2.22. The van der Waals surface area contributed by atoms with E-state index in [2.05, 4.69) is 16.2 Å². The molecule has 3 amide bonds. The number of benzene rings is 2. The predicted molar refractivity (Wildman–Crippen MR) is 82.3 cm³/mol. The van der Waals surface area contributed by atoms with Crippen molar-refractivity contribution in [2.24, 2.45) is 0 Å². The number of para-hydroxylation sites is 1. The molecular formula is C16H13N3O3. The van der Waals surface area contributed by atoms with Crippen LogP contribution in [-0.2, 0) is 0 Å². The van der Waals surface area contributed by atoms with Crippen LogP contribution in [0.4, 0.5) is 10.7 Å². The maximum atomic E-state index is 11.8. The summed E-state index contributed by atoms with van der Waals surface area (Å²) in [6.45, 7) is 0. The summed E-state index contributed by atoms with van der Waals surface area (Å²) in [5.74, 6) is -0.104. The molecule has 0 saturated heterocycles. The average molecular weight is 295 g/mol. The van der Waals surface area contributed by atoms with Gasteiger partial charge in [0.2, 0.25) is 5.88 Å². The molecule has 0 unspecified atom stereocenters. The standard InChI is InChI=1S/C16H13N3O3/c20-15(11-6-2-1-3-7-11)18-19-16(21)17-14-10-12-8-4-5-9-13(12)22-14/h1-10H,(H,18,20)(H2,17,19,21). The van der Waals surface area contributed by atoms with Crippen LogP contribution in [0.25, 0.3) is 11.0 Å².